The monoisotopic (exact) mass is 426 g/mol. The summed E-state index contributed by atoms with van der Waals surface area (Å²) in [5, 5.41) is 9.10. The van der Waals surface area contributed by atoms with Crippen LogP contribution in [0.4, 0.5) is 17.5 Å². The molecular weight excluding hydrogens is 400 g/mol. The molecule has 5 rings (SSSR count). The van der Waals surface area contributed by atoms with Crippen molar-refractivity contribution in [3.05, 3.63) is 72.2 Å². The van der Waals surface area contributed by atoms with Crippen LogP contribution in [0, 0.1) is 6.92 Å². The second kappa shape index (κ2) is 8.26. The minimum absolute atomic E-state index is 0.603. The van der Waals surface area contributed by atoms with Gasteiger partial charge in [-0.2, -0.15) is 4.98 Å². The molecular formula is C25H26N6O. The second-order valence-electron chi connectivity index (χ2n) is 7.97. The summed E-state index contributed by atoms with van der Waals surface area (Å²) in [6.45, 7) is 2.79. The number of H-pyrrole nitrogens is 1. The van der Waals surface area contributed by atoms with Crippen LogP contribution in [0.15, 0.2) is 60.9 Å². The van der Waals surface area contributed by atoms with E-state index in [1.54, 1.807) is 13.3 Å². The van der Waals surface area contributed by atoms with E-state index in [1.165, 1.54) is 21.9 Å². The van der Waals surface area contributed by atoms with E-state index in [-0.39, 0.29) is 0 Å². The topological polar surface area (TPSA) is 79.8 Å². The SMILES string of the molecule is COc1ccc2c(c1)c(CCNc1nccc(Nc3ccc4[nH]c(C)cc4c3)n1)cn2C. The van der Waals surface area contributed by atoms with Crippen LogP contribution < -0.4 is 15.4 Å². The molecule has 0 aliphatic rings. The number of ether oxygens (including phenoxy) is 1. The van der Waals surface area contributed by atoms with Crippen LogP contribution in [0.1, 0.15) is 11.3 Å². The fourth-order valence-electron chi connectivity index (χ4n) is 4.10. The van der Waals surface area contributed by atoms with Gasteiger partial charge in [0.2, 0.25) is 5.95 Å². The van der Waals surface area contributed by atoms with E-state index in [4.69, 9.17) is 4.74 Å². The van der Waals surface area contributed by atoms with Gasteiger partial charge >= 0.3 is 0 Å². The molecule has 0 saturated heterocycles. The Balaban J connectivity index is 1.26. The van der Waals surface area contributed by atoms with Gasteiger partial charge in [0.05, 0.1) is 7.11 Å². The number of aromatic amines is 1. The highest BCUT2D eigenvalue weighted by atomic mass is 16.5. The van der Waals surface area contributed by atoms with Crippen molar-refractivity contribution >= 4 is 39.3 Å². The van der Waals surface area contributed by atoms with E-state index >= 15 is 0 Å². The molecule has 0 aliphatic carbocycles. The fraction of sp³-hybridized carbons (Fsp3) is 0.200. The summed E-state index contributed by atoms with van der Waals surface area (Å²) in [4.78, 5) is 12.3. The quantitative estimate of drug-likeness (QED) is 0.335. The molecule has 0 fully saturated rings. The second-order valence-corrected chi connectivity index (χ2v) is 7.97. The third kappa shape index (κ3) is 3.97. The predicted octanol–water partition coefficient (Wildman–Crippen LogP) is 5.16. The first-order chi connectivity index (χ1) is 15.6. The number of hydrogen-bond acceptors (Lipinski definition) is 5. The Bertz CT molecular complexity index is 1400. The van der Waals surface area contributed by atoms with Gasteiger partial charge in [-0.3, -0.25) is 0 Å². The van der Waals surface area contributed by atoms with Crippen molar-refractivity contribution in [2.45, 2.75) is 13.3 Å². The van der Waals surface area contributed by atoms with Crippen LogP contribution in [0.3, 0.4) is 0 Å². The Morgan fingerprint density at radius 3 is 2.88 bits per heavy atom. The molecule has 3 N–H and O–H groups in total. The standard InChI is InChI=1S/C25H26N6O/c1-16-12-18-13-19(4-6-22(18)28-16)29-24-9-11-27-25(30-24)26-10-8-17-15-31(2)23-7-5-20(32-3)14-21(17)23/h4-7,9,11-15,28H,8,10H2,1-3H3,(H2,26,27,29,30). The third-order valence-electron chi connectivity index (χ3n) is 5.64. The van der Waals surface area contributed by atoms with Gasteiger partial charge in [0.15, 0.2) is 0 Å². The molecule has 162 valence electrons. The summed E-state index contributed by atoms with van der Waals surface area (Å²) < 4.78 is 7.54. The van der Waals surface area contributed by atoms with Gasteiger partial charge in [0.1, 0.15) is 11.6 Å². The predicted molar refractivity (Wildman–Crippen MR) is 130 cm³/mol. The van der Waals surface area contributed by atoms with Crippen molar-refractivity contribution in [2.75, 3.05) is 24.3 Å². The van der Waals surface area contributed by atoms with Crippen molar-refractivity contribution in [3.8, 4) is 5.75 Å². The number of benzene rings is 2. The van der Waals surface area contributed by atoms with Gasteiger partial charge < -0.3 is 24.9 Å². The third-order valence-corrected chi connectivity index (χ3v) is 5.64. The van der Waals surface area contributed by atoms with Gasteiger partial charge in [0.25, 0.3) is 0 Å². The molecule has 0 bridgehead atoms. The van der Waals surface area contributed by atoms with E-state index in [1.807, 2.05) is 18.2 Å². The Hall–Kier alpha value is -4.00. The first-order valence-electron chi connectivity index (χ1n) is 10.6. The minimum atomic E-state index is 0.603. The van der Waals surface area contributed by atoms with E-state index in [2.05, 4.69) is 80.7 Å². The Morgan fingerprint density at radius 1 is 1.09 bits per heavy atom. The van der Waals surface area contributed by atoms with E-state index in [0.29, 0.717) is 5.95 Å². The van der Waals surface area contributed by atoms with Crippen LogP contribution in [0.2, 0.25) is 0 Å². The van der Waals surface area contributed by atoms with Crippen molar-refractivity contribution < 1.29 is 4.74 Å². The highest BCUT2D eigenvalue weighted by molar-refractivity contribution is 5.86. The number of hydrogen-bond donors (Lipinski definition) is 3. The smallest absolute Gasteiger partial charge is 0.224 e. The fourth-order valence-corrected chi connectivity index (χ4v) is 4.10. The number of fused-ring (bicyclic) bond motifs is 2. The lowest BCUT2D eigenvalue weighted by atomic mass is 10.1. The van der Waals surface area contributed by atoms with Gasteiger partial charge in [-0.25, -0.2) is 4.98 Å². The van der Waals surface area contributed by atoms with Crippen molar-refractivity contribution in [2.24, 2.45) is 7.05 Å². The van der Waals surface area contributed by atoms with Crippen molar-refractivity contribution in [1.29, 1.82) is 0 Å². The maximum absolute atomic E-state index is 5.39. The number of rotatable bonds is 7. The molecule has 7 heteroatoms. The van der Waals surface area contributed by atoms with Crippen molar-refractivity contribution in [1.82, 2.24) is 19.5 Å². The summed E-state index contributed by atoms with van der Waals surface area (Å²) >= 11 is 0. The first kappa shape index (κ1) is 19.9. The van der Waals surface area contributed by atoms with Crippen LogP contribution in [0.25, 0.3) is 21.8 Å². The number of aromatic nitrogens is 4. The lowest BCUT2D eigenvalue weighted by molar-refractivity contribution is 0.415. The molecule has 0 amide bonds. The number of aryl methyl sites for hydroxylation is 2. The van der Waals surface area contributed by atoms with Crippen LogP contribution in [-0.4, -0.2) is 33.2 Å². The zero-order valence-corrected chi connectivity index (χ0v) is 18.4. The van der Waals surface area contributed by atoms with Crippen LogP contribution >= 0.6 is 0 Å². The lowest BCUT2D eigenvalue weighted by Gasteiger charge is -2.09. The lowest BCUT2D eigenvalue weighted by Crippen LogP contribution is -2.08. The van der Waals surface area contributed by atoms with Gasteiger partial charge in [-0.05, 0) is 67.4 Å². The molecule has 0 aliphatic heterocycles. The van der Waals surface area contributed by atoms with Gasteiger partial charge in [-0.1, -0.05) is 0 Å². The average Bonchev–Trinajstić information content (AvgIpc) is 3.32. The summed E-state index contributed by atoms with van der Waals surface area (Å²) in [7, 11) is 3.76. The van der Waals surface area contributed by atoms with E-state index in [9.17, 15) is 0 Å². The molecule has 0 spiro atoms. The molecule has 0 atom stereocenters. The Labute approximate surface area is 186 Å². The van der Waals surface area contributed by atoms with Gasteiger partial charge in [-0.15, -0.1) is 0 Å². The first-order valence-corrected chi connectivity index (χ1v) is 10.6. The summed E-state index contributed by atoms with van der Waals surface area (Å²) in [5.41, 5.74) is 5.72. The molecule has 0 saturated carbocycles. The van der Waals surface area contributed by atoms with E-state index in [0.717, 1.165) is 41.4 Å². The minimum Gasteiger partial charge on any atom is -0.497 e. The highest BCUT2D eigenvalue weighted by Gasteiger charge is 2.08. The number of methoxy groups -OCH3 is 1. The molecule has 32 heavy (non-hydrogen) atoms. The average molecular weight is 427 g/mol. The van der Waals surface area contributed by atoms with E-state index < -0.39 is 0 Å². The maximum atomic E-state index is 5.39. The van der Waals surface area contributed by atoms with Gasteiger partial charge in [0, 0.05) is 59.2 Å². The molecule has 3 heterocycles. The molecule has 0 radical (unpaired) electrons. The number of nitrogens with one attached hydrogen (secondary N) is 3. The molecule has 7 nitrogen and oxygen atoms in total. The number of anilines is 3. The zero-order chi connectivity index (χ0) is 22.1. The Morgan fingerprint density at radius 2 is 2.00 bits per heavy atom. The molecule has 0 unspecified atom stereocenters. The highest BCUT2D eigenvalue weighted by Crippen LogP contribution is 2.26. The largest absolute Gasteiger partial charge is 0.497 e. The normalized spacial score (nSPS) is 11.2. The summed E-state index contributed by atoms with van der Waals surface area (Å²) in [6, 6.07) is 16.4. The molecule has 3 aromatic heterocycles. The van der Waals surface area contributed by atoms with Crippen molar-refractivity contribution in [3.63, 3.8) is 0 Å². The molecule has 5 aromatic rings. The number of nitrogens with zero attached hydrogens (tertiary/aromatic N) is 3. The summed E-state index contributed by atoms with van der Waals surface area (Å²) in [6.07, 6.45) is 4.79. The molecule has 2 aromatic carbocycles. The zero-order valence-electron chi connectivity index (χ0n) is 18.4. The van der Waals surface area contributed by atoms with Crippen LogP contribution in [0.5, 0.6) is 5.75 Å². The van der Waals surface area contributed by atoms with Crippen LogP contribution in [-0.2, 0) is 13.5 Å². The summed E-state index contributed by atoms with van der Waals surface area (Å²) in [5.74, 6) is 2.23. The maximum Gasteiger partial charge on any atom is 0.224 e. The Kier molecular flexibility index (Phi) is 5.15.